The predicted octanol–water partition coefficient (Wildman–Crippen LogP) is 4.51. The SMILES string of the molecule is CC1CCC2C(C=CC(C)C2CCC2CC=CC(=O)O2)C1. The van der Waals surface area contributed by atoms with Crippen molar-refractivity contribution in [2.24, 2.45) is 29.6 Å². The number of cyclic esters (lactones) is 1. The molecule has 2 heteroatoms. The van der Waals surface area contributed by atoms with Gasteiger partial charge in [-0.2, -0.15) is 0 Å². The third-order valence-electron chi connectivity index (χ3n) is 5.86. The van der Waals surface area contributed by atoms with Gasteiger partial charge in [0, 0.05) is 12.5 Å². The Bertz CT molecular complexity index is 437. The fourth-order valence-electron chi connectivity index (χ4n) is 4.65. The Morgan fingerprint density at radius 2 is 2.05 bits per heavy atom. The van der Waals surface area contributed by atoms with Crippen molar-refractivity contribution in [1.29, 1.82) is 0 Å². The van der Waals surface area contributed by atoms with Crippen LogP contribution in [-0.4, -0.2) is 12.1 Å². The number of ether oxygens (including phenoxy) is 1. The van der Waals surface area contributed by atoms with Gasteiger partial charge in [0.25, 0.3) is 0 Å². The third-order valence-corrected chi connectivity index (χ3v) is 5.86. The zero-order valence-corrected chi connectivity index (χ0v) is 13.3. The first-order valence-electron chi connectivity index (χ1n) is 8.69. The highest BCUT2D eigenvalue weighted by Crippen LogP contribution is 2.46. The van der Waals surface area contributed by atoms with Crippen molar-refractivity contribution in [3.63, 3.8) is 0 Å². The maximum Gasteiger partial charge on any atom is 0.330 e. The van der Waals surface area contributed by atoms with E-state index in [-0.39, 0.29) is 12.1 Å². The van der Waals surface area contributed by atoms with Crippen LogP contribution in [0.15, 0.2) is 24.3 Å². The number of hydrogen-bond acceptors (Lipinski definition) is 2. The molecule has 0 aromatic heterocycles. The second-order valence-electron chi connectivity index (χ2n) is 7.43. The summed E-state index contributed by atoms with van der Waals surface area (Å²) in [7, 11) is 0. The molecule has 116 valence electrons. The lowest BCUT2D eigenvalue weighted by Gasteiger charge is -2.43. The smallest absolute Gasteiger partial charge is 0.330 e. The summed E-state index contributed by atoms with van der Waals surface area (Å²) in [6.45, 7) is 4.76. The van der Waals surface area contributed by atoms with Gasteiger partial charge in [-0.15, -0.1) is 0 Å². The van der Waals surface area contributed by atoms with E-state index in [2.05, 4.69) is 26.0 Å². The summed E-state index contributed by atoms with van der Waals surface area (Å²) in [5.41, 5.74) is 0. The Hall–Kier alpha value is -1.05. The number of fused-ring (bicyclic) bond motifs is 1. The van der Waals surface area contributed by atoms with Crippen LogP contribution in [0.4, 0.5) is 0 Å². The van der Waals surface area contributed by atoms with Gasteiger partial charge < -0.3 is 4.74 Å². The zero-order chi connectivity index (χ0) is 14.8. The predicted molar refractivity (Wildman–Crippen MR) is 84.7 cm³/mol. The Kier molecular flexibility index (Phi) is 4.51. The van der Waals surface area contributed by atoms with E-state index in [4.69, 9.17) is 4.74 Å². The molecule has 0 amide bonds. The summed E-state index contributed by atoms with van der Waals surface area (Å²) >= 11 is 0. The number of rotatable bonds is 3. The Labute approximate surface area is 128 Å². The van der Waals surface area contributed by atoms with Gasteiger partial charge >= 0.3 is 5.97 Å². The van der Waals surface area contributed by atoms with Gasteiger partial charge in [-0.1, -0.05) is 38.5 Å². The summed E-state index contributed by atoms with van der Waals surface area (Å²) in [4.78, 5) is 11.3. The van der Waals surface area contributed by atoms with Crippen molar-refractivity contribution in [3.8, 4) is 0 Å². The molecular formula is C19H28O2. The third kappa shape index (κ3) is 3.41. The molecule has 21 heavy (non-hydrogen) atoms. The van der Waals surface area contributed by atoms with Crippen molar-refractivity contribution in [1.82, 2.24) is 0 Å². The number of carbonyl (C=O) groups excluding carboxylic acids is 1. The summed E-state index contributed by atoms with van der Waals surface area (Å²) in [5, 5.41) is 0. The van der Waals surface area contributed by atoms with Crippen molar-refractivity contribution < 1.29 is 9.53 Å². The van der Waals surface area contributed by atoms with Crippen LogP contribution in [0.1, 0.15) is 52.4 Å². The van der Waals surface area contributed by atoms with Gasteiger partial charge in [0.05, 0.1) is 0 Å². The highest BCUT2D eigenvalue weighted by atomic mass is 16.5. The number of hydrogen-bond donors (Lipinski definition) is 0. The van der Waals surface area contributed by atoms with Crippen molar-refractivity contribution in [2.45, 2.75) is 58.5 Å². The molecule has 6 unspecified atom stereocenters. The Balaban J connectivity index is 1.60. The van der Waals surface area contributed by atoms with Gasteiger partial charge in [-0.3, -0.25) is 0 Å². The first kappa shape index (κ1) is 14.9. The van der Waals surface area contributed by atoms with Crippen LogP contribution < -0.4 is 0 Å². The van der Waals surface area contributed by atoms with Crippen molar-refractivity contribution in [2.75, 3.05) is 0 Å². The minimum absolute atomic E-state index is 0.113. The second-order valence-corrected chi connectivity index (χ2v) is 7.43. The van der Waals surface area contributed by atoms with Gasteiger partial charge in [0.15, 0.2) is 0 Å². The molecule has 1 heterocycles. The van der Waals surface area contributed by atoms with Gasteiger partial charge in [-0.05, 0) is 55.3 Å². The minimum atomic E-state index is -0.160. The van der Waals surface area contributed by atoms with Crippen LogP contribution in [-0.2, 0) is 9.53 Å². The molecule has 0 spiro atoms. The average molecular weight is 288 g/mol. The summed E-state index contributed by atoms with van der Waals surface area (Å²) in [6.07, 6.45) is 15.8. The molecule has 1 aliphatic heterocycles. The Morgan fingerprint density at radius 3 is 2.86 bits per heavy atom. The van der Waals surface area contributed by atoms with Gasteiger partial charge in [0.2, 0.25) is 0 Å². The van der Waals surface area contributed by atoms with E-state index in [0.29, 0.717) is 5.92 Å². The molecule has 0 bridgehead atoms. The van der Waals surface area contributed by atoms with Crippen LogP contribution in [0.3, 0.4) is 0 Å². The van der Waals surface area contributed by atoms with E-state index >= 15 is 0 Å². The van der Waals surface area contributed by atoms with E-state index in [0.717, 1.165) is 36.5 Å². The maximum absolute atomic E-state index is 11.3. The molecule has 0 aromatic carbocycles. The number of allylic oxidation sites excluding steroid dienone is 2. The highest BCUT2D eigenvalue weighted by molar-refractivity contribution is 5.82. The summed E-state index contributed by atoms with van der Waals surface area (Å²) < 4.78 is 5.42. The standard InChI is InChI=1S/C19H28O2/c1-13-6-10-18-15(12-13)8-7-14(2)17(18)11-9-16-4-3-5-19(20)21-16/h3,5,7-8,13-18H,4,6,9-12H2,1-2H3. The Morgan fingerprint density at radius 1 is 1.19 bits per heavy atom. The molecule has 0 aromatic rings. The minimum Gasteiger partial charge on any atom is -0.459 e. The number of esters is 1. The number of carbonyl (C=O) groups is 1. The lowest BCUT2D eigenvalue weighted by Crippen LogP contribution is -2.35. The monoisotopic (exact) mass is 288 g/mol. The molecule has 0 N–H and O–H groups in total. The lowest BCUT2D eigenvalue weighted by atomic mass is 9.62. The first-order chi connectivity index (χ1) is 10.1. The van der Waals surface area contributed by atoms with E-state index < -0.39 is 0 Å². The first-order valence-corrected chi connectivity index (χ1v) is 8.69. The topological polar surface area (TPSA) is 26.3 Å². The molecule has 3 rings (SSSR count). The summed E-state index contributed by atoms with van der Waals surface area (Å²) in [5.74, 6) is 3.83. The van der Waals surface area contributed by atoms with Crippen LogP contribution >= 0.6 is 0 Å². The summed E-state index contributed by atoms with van der Waals surface area (Å²) in [6, 6.07) is 0. The maximum atomic E-state index is 11.3. The molecule has 2 nitrogen and oxygen atoms in total. The average Bonchev–Trinajstić information content (AvgIpc) is 2.46. The largest absolute Gasteiger partial charge is 0.459 e. The molecule has 1 fully saturated rings. The van der Waals surface area contributed by atoms with Crippen LogP contribution in [0.25, 0.3) is 0 Å². The molecule has 2 aliphatic carbocycles. The molecule has 0 radical (unpaired) electrons. The van der Waals surface area contributed by atoms with Crippen LogP contribution in [0, 0.1) is 29.6 Å². The van der Waals surface area contributed by atoms with E-state index in [1.165, 1.54) is 25.7 Å². The van der Waals surface area contributed by atoms with Crippen LogP contribution in [0.5, 0.6) is 0 Å². The highest BCUT2D eigenvalue weighted by Gasteiger charge is 2.37. The molecule has 3 aliphatic rings. The van der Waals surface area contributed by atoms with E-state index in [1.54, 1.807) is 6.08 Å². The fourth-order valence-corrected chi connectivity index (χ4v) is 4.65. The second kappa shape index (κ2) is 6.37. The normalized spacial score (nSPS) is 42.5. The van der Waals surface area contributed by atoms with E-state index in [9.17, 15) is 4.79 Å². The molecule has 6 atom stereocenters. The van der Waals surface area contributed by atoms with Gasteiger partial charge in [0.1, 0.15) is 6.10 Å². The molecular weight excluding hydrogens is 260 g/mol. The van der Waals surface area contributed by atoms with Crippen molar-refractivity contribution in [3.05, 3.63) is 24.3 Å². The van der Waals surface area contributed by atoms with Crippen LogP contribution in [0.2, 0.25) is 0 Å². The quantitative estimate of drug-likeness (QED) is 0.564. The van der Waals surface area contributed by atoms with Gasteiger partial charge in [-0.25, -0.2) is 4.79 Å². The molecule has 0 saturated heterocycles. The van der Waals surface area contributed by atoms with E-state index in [1.807, 2.05) is 6.08 Å². The lowest BCUT2D eigenvalue weighted by molar-refractivity contribution is -0.144. The van der Waals surface area contributed by atoms with Crippen molar-refractivity contribution >= 4 is 5.97 Å². The fraction of sp³-hybridized carbons (Fsp3) is 0.737. The molecule has 1 saturated carbocycles. The zero-order valence-electron chi connectivity index (χ0n) is 13.3.